The van der Waals surface area contributed by atoms with Crippen LogP contribution in [0.1, 0.15) is 17.4 Å². The third-order valence-electron chi connectivity index (χ3n) is 2.11. The van der Waals surface area contributed by atoms with Crippen molar-refractivity contribution in [2.45, 2.75) is 31.0 Å². The molecule has 2 N–H and O–H groups in total. The van der Waals surface area contributed by atoms with Gasteiger partial charge in [0, 0.05) is 4.88 Å². The van der Waals surface area contributed by atoms with Crippen molar-refractivity contribution in [3.8, 4) is 0 Å². The van der Waals surface area contributed by atoms with E-state index in [2.05, 4.69) is 4.72 Å². The van der Waals surface area contributed by atoms with E-state index < -0.39 is 22.0 Å². The Bertz CT molecular complexity index is 484. The Morgan fingerprint density at radius 2 is 2.06 bits per heavy atom. The standard InChI is InChI=1S/C9H13NO4S2/c1-5-4-8(15-7(5)3)16(13,14)10-6(2)9(11)12/h4,6,10H,1-3H3,(H,11,12). The minimum atomic E-state index is -3.72. The van der Waals surface area contributed by atoms with Crippen LogP contribution in [0, 0.1) is 13.8 Å². The SMILES string of the molecule is Cc1cc(S(=O)(=O)NC(C)C(=O)O)sc1C. The number of hydrogen-bond donors (Lipinski definition) is 2. The minimum absolute atomic E-state index is 0.149. The predicted octanol–water partition coefficient (Wildman–Crippen LogP) is 1.12. The fourth-order valence-electron chi connectivity index (χ4n) is 1.01. The summed E-state index contributed by atoms with van der Waals surface area (Å²) in [6.07, 6.45) is 0. The van der Waals surface area contributed by atoms with Crippen molar-refractivity contribution in [3.05, 3.63) is 16.5 Å². The molecular formula is C9H13NO4S2. The molecule has 0 radical (unpaired) electrons. The van der Waals surface area contributed by atoms with Gasteiger partial charge in [0.25, 0.3) is 10.0 Å². The topological polar surface area (TPSA) is 83.5 Å². The fraction of sp³-hybridized carbons (Fsp3) is 0.444. The molecule has 0 saturated carbocycles. The molecule has 90 valence electrons. The van der Waals surface area contributed by atoms with Crippen LogP contribution in [0.4, 0.5) is 0 Å². The zero-order valence-electron chi connectivity index (χ0n) is 9.14. The van der Waals surface area contributed by atoms with Gasteiger partial charge in [-0.05, 0) is 32.4 Å². The normalized spacial score (nSPS) is 13.7. The number of aliphatic carboxylic acids is 1. The Kier molecular flexibility index (Phi) is 3.72. The summed E-state index contributed by atoms with van der Waals surface area (Å²) < 4.78 is 25.7. The summed E-state index contributed by atoms with van der Waals surface area (Å²) >= 11 is 1.13. The van der Waals surface area contributed by atoms with Gasteiger partial charge < -0.3 is 5.11 Å². The van der Waals surface area contributed by atoms with Crippen molar-refractivity contribution < 1.29 is 18.3 Å². The highest BCUT2D eigenvalue weighted by Gasteiger charge is 2.23. The summed E-state index contributed by atoms with van der Waals surface area (Å²) in [5.41, 5.74) is 0.883. The number of thiophene rings is 1. The van der Waals surface area contributed by atoms with Gasteiger partial charge in [0.2, 0.25) is 0 Å². The molecule has 1 aromatic heterocycles. The number of nitrogens with one attached hydrogen (secondary N) is 1. The lowest BCUT2D eigenvalue weighted by Crippen LogP contribution is -2.37. The Balaban J connectivity index is 2.99. The van der Waals surface area contributed by atoms with Crippen molar-refractivity contribution in [1.29, 1.82) is 0 Å². The summed E-state index contributed by atoms with van der Waals surface area (Å²) in [6, 6.07) is 0.407. The summed E-state index contributed by atoms with van der Waals surface area (Å²) in [4.78, 5) is 11.5. The molecule has 0 amide bonds. The van der Waals surface area contributed by atoms with Crippen molar-refractivity contribution >= 4 is 27.3 Å². The van der Waals surface area contributed by atoms with Crippen LogP contribution in [0.25, 0.3) is 0 Å². The summed E-state index contributed by atoms with van der Waals surface area (Å²) in [5, 5.41) is 8.63. The maximum Gasteiger partial charge on any atom is 0.321 e. The Hall–Kier alpha value is -0.920. The first-order valence-electron chi connectivity index (χ1n) is 4.56. The molecule has 1 rings (SSSR count). The highest BCUT2D eigenvalue weighted by atomic mass is 32.2. The number of carboxylic acid groups (broad SMARTS) is 1. The van der Waals surface area contributed by atoms with Gasteiger partial charge in [-0.1, -0.05) is 0 Å². The van der Waals surface area contributed by atoms with E-state index in [9.17, 15) is 13.2 Å². The molecule has 0 aliphatic carbocycles. The smallest absolute Gasteiger partial charge is 0.321 e. The molecule has 0 aliphatic heterocycles. The lowest BCUT2D eigenvalue weighted by molar-refractivity contribution is -0.138. The van der Waals surface area contributed by atoms with Crippen LogP contribution in [-0.4, -0.2) is 25.5 Å². The highest BCUT2D eigenvalue weighted by Crippen LogP contribution is 2.24. The van der Waals surface area contributed by atoms with E-state index in [1.165, 1.54) is 13.0 Å². The molecular weight excluding hydrogens is 250 g/mol. The van der Waals surface area contributed by atoms with Gasteiger partial charge in [-0.2, -0.15) is 4.72 Å². The molecule has 16 heavy (non-hydrogen) atoms. The first-order valence-corrected chi connectivity index (χ1v) is 6.86. The van der Waals surface area contributed by atoms with Gasteiger partial charge in [-0.3, -0.25) is 4.79 Å². The second-order valence-electron chi connectivity index (χ2n) is 3.49. The van der Waals surface area contributed by atoms with Crippen molar-refractivity contribution in [3.63, 3.8) is 0 Å². The molecule has 0 bridgehead atoms. The van der Waals surface area contributed by atoms with Crippen LogP contribution in [0.3, 0.4) is 0 Å². The van der Waals surface area contributed by atoms with E-state index in [0.717, 1.165) is 21.8 Å². The summed E-state index contributed by atoms with van der Waals surface area (Å²) in [5.74, 6) is -1.20. The number of sulfonamides is 1. The lowest BCUT2D eigenvalue weighted by atomic mass is 10.3. The molecule has 0 fully saturated rings. The van der Waals surface area contributed by atoms with Gasteiger partial charge in [0.05, 0.1) is 0 Å². The quantitative estimate of drug-likeness (QED) is 0.852. The number of aryl methyl sites for hydroxylation is 2. The third kappa shape index (κ3) is 2.81. The molecule has 1 atom stereocenters. The molecule has 5 nitrogen and oxygen atoms in total. The van der Waals surface area contributed by atoms with Crippen LogP contribution in [-0.2, 0) is 14.8 Å². The molecule has 1 heterocycles. The van der Waals surface area contributed by atoms with E-state index in [0.29, 0.717) is 0 Å². The average molecular weight is 263 g/mol. The molecule has 1 aromatic rings. The van der Waals surface area contributed by atoms with Gasteiger partial charge in [-0.15, -0.1) is 11.3 Å². The zero-order chi connectivity index (χ0) is 12.5. The molecule has 1 unspecified atom stereocenters. The number of carbonyl (C=O) groups is 1. The van der Waals surface area contributed by atoms with E-state index in [1.54, 1.807) is 0 Å². The predicted molar refractivity (Wildman–Crippen MR) is 61.2 cm³/mol. The fourth-order valence-corrected chi connectivity index (χ4v) is 3.74. The van der Waals surface area contributed by atoms with Crippen LogP contribution < -0.4 is 4.72 Å². The molecule has 0 aliphatic rings. The number of rotatable bonds is 4. The Morgan fingerprint density at radius 1 is 1.50 bits per heavy atom. The van der Waals surface area contributed by atoms with Crippen LogP contribution >= 0.6 is 11.3 Å². The molecule has 0 aromatic carbocycles. The minimum Gasteiger partial charge on any atom is -0.480 e. The monoisotopic (exact) mass is 263 g/mol. The lowest BCUT2D eigenvalue weighted by Gasteiger charge is -2.08. The number of hydrogen-bond acceptors (Lipinski definition) is 4. The van der Waals surface area contributed by atoms with Gasteiger partial charge >= 0.3 is 5.97 Å². The van der Waals surface area contributed by atoms with Crippen molar-refractivity contribution in [1.82, 2.24) is 4.72 Å². The van der Waals surface area contributed by atoms with Gasteiger partial charge in [0.15, 0.2) is 0 Å². The maximum atomic E-state index is 11.7. The first-order chi connectivity index (χ1) is 7.24. The second kappa shape index (κ2) is 4.52. The highest BCUT2D eigenvalue weighted by molar-refractivity contribution is 7.91. The Labute approximate surface area is 98.2 Å². The van der Waals surface area contributed by atoms with E-state index in [-0.39, 0.29) is 4.21 Å². The zero-order valence-corrected chi connectivity index (χ0v) is 10.8. The van der Waals surface area contributed by atoms with Gasteiger partial charge in [0.1, 0.15) is 10.3 Å². The summed E-state index contributed by atoms with van der Waals surface area (Å²) in [6.45, 7) is 4.92. The van der Waals surface area contributed by atoms with Crippen LogP contribution in [0.5, 0.6) is 0 Å². The molecule has 0 saturated heterocycles. The average Bonchev–Trinajstić information content (AvgIpc) is 2.47. The van der Waals surface area contributed by atoms with E-state index in [1.807, 2.05) is 13.8 Å². The van der Waals surface area contributed by atoms with E-state index in [4.69, 9.17) is 5.11 Å². The number of carboxylic acids is 1. The van der Waals surface area contributed by atoms with Crippen molar-refractivity contribution in [2.24, 2.45) is 0 Å². The van der Waals surface area contributed by atoms with Crippen LogP contribution in [0.15, 0.2) is 10.3 Å². The Morgan fingerprint density at radius 3 is 2.44 bits per heavy atom. The summed E-state index contributed by atoms with van der Waals surface area (Å²) in [7, 11) is -3.72. The molecule has 7 heteroatoms. The largest absolute Gasteiger partial charge is 0.480 e. The van der Waals surface area contributed by atoms with Crippen molar-refractivity contribution in [2.75, 3.05) is 0 Å². The van der Waals surface area contributed by atoms with E-state index >= 15 is 0 Å². The molecule has 0 spiro atoms. The van der Waals surface area contributed by atoms with Gasteiger partial charge in [-0.25, -0.2) is 8.42 Å². The second-order valence-corrected chi connectivity index (χ2v) is 6.68. The first kappa shape index (κ1) is 13.1. The third-order valence-corrected chi connectivity index (χ3v) is 5.28. The van der Waals surface area contributed by atoms with Crippen LogP contribution in [0.2, 0.25) is 0 Å². The maximum absolute atomic E-state index is 11.7.